The van der Waals surface area contributed by atoms with E-state index in [2.05, 4.69) is 49.0 Å². The van der Waals surface area contributed by atoms with Gasteiger partial charge in [0.25, 0.3) is 0 Å². The first-order valence-electron chi connectivity index (χ1n) is 7.42. The standard InChI is InChI=1S/C15H12.C6H7N/c1-2-11-7-5-9-14-13-8-4-3-6-12(13)10-15(11)14;7-6-4-2-1-3-5-6/h2-9H,1,10H2;1-5H,7H2. The average molecular weight is 285 g/mol. The van der Waals surface area contributed by atoms with E-state index in [1.54, 1.807) is 0 Å². The summed E-state index contributed by atoms with van der Waals surface area (Å²) in [7, 11) is 0. The second-order valence-corrected chi connectivity index (χ2v) is 5.32. The molecule has 1 aliphatic rings. The van der Waals surface area contributed by atoms with Gasteiger partial charge < -0.3 is 5.73 Å². The Morgan fingerprint density at radius 2 is 1.45 bits per heavy atom. The molecule has 0 bridgehead atoms. The quantitative estimate of drug-likeness (QED) is 0.480. The Morgan fingerprint density at radius 3 is 2.14 bits per heavy atom. The van der Waals surface area contributed by atoms with Crippen molar-refractivity contribution in [1.29, 1.82) is 0 Å². The molecule has 22 heavy (non-hydrogen) atoms. The van der Waals surface area contributed by atoms with Gasteiger partial charge in [0.1, 0.15) is 0 Å². The van der Waals surface area contributed by atoms with Gasteiger partial charge in [0.15, 0.2) is 0 Å². The molecule has 0 amide bonds. The molecule has 0 spiro atoms. The fourth-order valence-corrected chi connectivity index (χ4v) is 2.83. The smallest absolute Gasteiger partial charge is 0.0313 e. The maximum absolute atomic E-state index is 5.36. The molecule has 1 heteroatoms. The summed E-state index contributed by atoms with van der Waals surface area (Å²) in [5, 5.41) is 0. The van der Waals surface area contributed by atoms with Crippen molar-refractivity contribution in [2.75, 3.05) is 5.73 Å². The zero-order valence-electron chi connectivity index (χ0n) is 12.5. The van der Waals surface area contributed by atoms with Gasteiger partial charge in [-0.15, -0.1) is 0 Å². The largest absolute Gasteiger partial charge is 0.399 e. The fourth-order valence-electron chi connectivity index (χ4n) is 2.83. The van der Waals surface area contributed by atoms with Crippen LogP contribution in [0.5, 0.6) is 0 Å². The highest BCUT2D eigenvalue weighted by Crippen LogP contribution is 2.38. The van der Waals surface area contributed by atoms with Crippen molar-refractivity contribution in [3.05, 3.63) is 96.1 Å². The summed E-state index contributed by atoms with van der Waals surface area (Å²) in [4.78, 5) is 0. The molecule has 1 aliphatic carbocycles. The predicted molar refractivity (Wildman–Crippen MR) is 95.6 cm³/mol. The van der Waals surface area contributed by atoms with Gasteiger partial charge in [-0.05, 0) is 46.4 Å². The zero-order valence-corrected chi connectivity index (χ0v) is 12.5. The van der Waals surface area contributed by atoms with E-state index >= 15 is 0 Å². The topological polar surface area (TPSA) is 26.0 Å². The van der Waals surface area contributed by atoms with E-state index in [0.29, 0.717) is 0 Å². The van der Waals surface area contributed by atoms with Gasteiger partial charge in [0, 0.05) is 5.69 Å². The van der Waals surface area contributed by atoms with Gasteiger partial charge in [0.2, 0.25) is 0 Å². The Bertz CT molecular complexity index is 788. The Morgan fingerprint density at radius 1 is 0.773 bits per heavy atom. The number of hydrogen-bond donors (Lipinski definition) is 1. The molecule has 3 aromatic carbocycles. The van der Waals surface area contributed by atoms with Crippen LogP contribution in [0.15, 0.2) is 79.4 Å². The summed E-state index contributed by atoms with van der Waals surface area (Å²) in [5.41, 5.74) is 13.1. The van der Waals surface area contributed by atoms with Gasteiger partial charge in [-0.1, -0.05) is 73.3 Å². The van der Waals surface area contributed by atoms with Crippen LogP contribution in [-0.4, -0.2) is 0 Å². The van der Waals surface area contributed by atoms with Crippen molar-refractivity contribution in [2.45, 2.75) is 6.42 Å². The number of nitrogens with two attached hydrogens (primary N) is 1. The average Bonchev–Trinajstić information content (AvgIpc) is 2.95. The molecule has 0 radical (unpaired) electrons. The number of fused-ring (bicyclic) bond motifs is 3. The molecule has 0 aliphatic heterocycles. The monoisotopic (exact) mass is 285 g/mol. The lowest BCUT2D eigenvalue weighted by Crippen LogP contribution is -1.84. The molecule has 3 aromatic rings. The van der Waals surface area contributed by atoms with E-state index < -0.39 is 0 Å². The lowest BCUT2D eigenvalue weighted by atomic mass is 10.0. The zero-order chi connectivity index (χ0) is 15.4. The number of rotatable bonds is 1. The Kier molecular flexibility index (Phi) is 4.06. The lowest BCUT2D eigenvalue weighted by Gasteiger charge is -2.03. The van der Waals surface area contributed by atoms with Gasteiger partial charge in [-0.3, -0.25) is 0 Å². The van der Waals surface area contributed by atoms with Crippen LogP contribution in [-0.2, 0) is 6.42 Å². The highest BCUT2D eigenvalue weighted by molar-refractivity contribution is 5.80. The predicted octanol–water partition coefficient (Wildman–Crippen LogP) is 5.17. The first-order chi connectivity index (χ1) is 10.8. The van der Waals surface area contributed by atoms with Gasteiger partial charge >= 0.3 is 0 Å². The van der Waals surface area contributed by atoms with Crippen LogP contribution >= 0.6 is 0 Å². The van der Waals surface area contributed by atoms with Crippen molar-refractivity contribution in [1.82, 2.24) is 0 Å². The summed E-state index contributed by atoms with van der Waals surface area (Å²) < 4.78 is 0. The maximum atomic E-state index is 5.36. The first kappa shape index (κ1) is 14.2. The second kappa shape index (κ2) is 6.31. The lowest BCUT2D eigenvalue weighted by molar-refractivity contribution is 1.25. The van der Waals surface area contributed by atoms with Crippen LogP contribution < -0.4 is 5.73 Å². The Labute approximate surface area is 131 Å². The molecule has 1 nitrogen and oxygen atoms in total. The molecular weight excluding hydrogens is 266 g/mol. The molecule has 0 atom stereocenters. The van der Waals surface area contributed by atoms with E-state index in [1.807, 2.05) is 36.4 Å². The van der Waals surface area contributed by atoms with Crippen LogP contribution in [0.3, 0.4) is 0 Å². The molecule has 108 valence electrons. The number of anilines is 1. The van der Waals surface area contributed by atoms with E-state index in [1.165, 1.54) is 27.8 Å². The van der Waals surface area contributed by atoms with E-state index in [4.69, 9.17) is 5.73 Å². The van der Waals surface area contributed by atoms with E-state index in [-0.39, 0.29) is 0 Å². The Balaban J connectivity index is 0.000000174. The molecule has 4 rings (SSSR count). The minimum absolute atomic E-state index is 0.822. The highest BCUT2D eigenvalue weighted by atomic mass is 14.5. The summed E-state index contributed by atoms with van der Waals surface area (Å²) in [6.45, 7) is 3.87. The van der Waals surface area contributed by atoms with Crippen LogP contribution in [0.25, 0.3) is 17.2 Å². The van der Waals surface area contributed by atoms with Crippen molar-refractivity contribution in [3.8, 4) is 11.1 Å². The third-order valence-corrected chi connectivity index (χ3v) is 3.91. The number of nitrogen functional groups attached to an aromatic ring is 1. The number of benzene rings is 3. The molecule has 0 aromatic heterocycles. The van der Waals surface area contributed by atoms with Crippen molar-refractivity contribution >= 4 is 11.8 Å². The number of para-hydroxylation sites is 1. The van der Waals surface area contributed by atoms with Crippen LogP contribution in [0.4, 0.5) is 5.69 Å². The minimum atomic E-state index is 0.822. The molecule has 0 saturated heterocycles. The summed E-state index contributed by atoms with van der Waals surface area (Å²) in [6.07, 6.45) is 3.00. The summed E-state index contributed by atoms with van der Waals surface area (Å²) >= 11 is 0. The van der Waals surface area contributed by atoms with Crippen molar-refractivity contribution in [2.24, 2.45) is 0 Å². The fraction of sp³-hybridized carbons (Fsp3) is 0.0476. The van der Waals surface area contributed by atoms with Crippen LogP contribution in [0.2, 0.25) is 0 Å². The van der Waals surface area contributed by atoms with Crippen LogP contribution in [0.1, 0.15) is 16.7 Å². The Hall–Kier alpha value is -2.80. The number of hydrogen-bond acceptors (Lipinski definition) is 1. The van der Waals surface area contributed by atoms with E-state index in [0.717, 1.165) is 12.1 Å². The molecule has 0 heterocycles. The molecule has 0 saturated carbocycles. The highest BCUT2D eigenvalue weighted by Gasteiger charge is 2.18. The second-order valence-electron chi connectivity index (χ2n) is 5.32. The van der Waals surface area contributed by atoms with Crippen LogP contribution in [0, 0.1) is 0 Å². The van der Waals surface area contributed by atoms with Gasteiger partial charge in [-0.2, -0.15) is 0 Å². The molecule has 0 unspecified atom stereocenters. The summed E-state index contributed by atoms with van der Waals surface area (Å²) in [6, 6.07) is 24.6. The summed E-state index contributed by atoms with van der Waals surface area (Å²) in [5.74, 6) is 0. The molecule has 2 N–H and O–H groups in total. The third kappa shape index (κ3) is 2.79. The SMILES string of the molecule is C=Cc1cccc2c1Cc1ccccc1-2.Nc1ccccc1. The van der Waals surface area contributed by atoms with Crippen molar-refractivity contribution < 1.29 is 0 Å². The van der Waals surface area contributed by atoms with Gasteiger partial charge in [0.05, 0.1) is 0 Å². The first-order valence-corrected chi connectivity index (χ1v) is 7.42. The minimum Gasteiger partial charge on any atom is -0.399 e. The van der Waals surface area contributed by atoms with Crippen molar-refractivity contribution in [3.63, 3.8) is 0 Å². The molecular formula is C21H19N. The third-order valence-electron chi connectivity index (χ3n) is 3.91. The maximum Gasteiger partial charge on any atom is 0.0313 e. The normalized spacial score (nSPS) is 10.9. The van der Waals surface area contributed by atoms with Gasteiger partial charge in [-0.25, -0.2) is 0 Å². The molecule has 0 fully saturated rings. The van der Waals surface area contributed by atoms with E-state index in [9.17, 15) is 0 Å².